The molecule has 1 aromatic rings. The van der Waals surface area contributed by atoms with Crippen molar-refractivity contribution >= 4 is 21.4 Å². The number of rotatable bonds is 9. The highest BCUT2D eigenvalue weighted by atomic mass is 32.2. The lowest BCUT2D eigenvalue weighted by Crippen LogP contribution is -2.33. The van der Waals surface area contributed by atoms with Crippen molar-refractivity contribution in [2.45, 2.75) is 37.6 Å². The van der Waals surface area contributed by atoms with Crippen molar-refractivity contribution in [1.29, 1.82) is 0 Å². The minimum absolute atomic E-state index is 0.381. The van der Waals surface area contributed by atoms with Crippen LogP contribution >= 0.6 is 11.3 Å². The van der Waals surface area contributed by atoms with Gasteiger partial charge in [-0.25, -0.2) is 8.42 Å². The number of thiophene rings is 1. The van der Waals surface area contributed by atoms with Gasteiger partial charge in [0.1, 0.15) is 4.21 Å². The van der Waals surface area contributed by atoms with E-state index in [0.29, 0.717) is 36.5 Å². The molecule has 0 aromatic carbocycles. The highest BCUT2D eigenvalue weighted by Crippen LogP contribution is 2.24. The summed E-state index contributed by atoms with van der Waals surface area (Å²) in [4.78, 5) is 1.03. The van der Waals surface area contributed by atoms with Gasteiger partial charge in [0.25, 0.3) is 10.0 Å². The fourth-order valence-corrected chi connectivity index (χ4v) is 4.56. The Labute approximate surface area is 126 Å². The van der Waals surface area contributed by atoms with E-state index in [2.05, 4.69) is 19.2 Å². The van der Waals surface area contributed by atoms with Crippen molar-refractivity contribution in [3.05, 3.63) is 17.0 Å². The van der Waals surface area contributed by atoms with Crippen molar-refractivity contribution in [1.82, 2.24) is 9.62 Å². The molecule has 0 aliphatic heterocycles. The predicted octanol–water partition coefficient (Wildman–Crippen LogP) is 1.90. The molecule has 0 unspecified atom stereocenters. The van der Waals surface area contributed by atoms with Gasteiger partial charge >= 0.3 is 0 Å². The maximum Gasteiger partial charge on any atom is 0.252 e. The first-order valence-electron chi connectivity index (χ1n) is 6.73. The van der Waals surface area contributed by atoms with Gasteiger partial charge in [0.2, 0.25) is 0 Å². The Morgan fingerprint density at radius 1 is 1.40 bits per heavy atom. The molecule has 0 saturated heterocycles. The third-order valence-corrected chi connectivity index (χ3v) is 6.34. The topological polar surface area (TPSA) is 58.6 Å². The first kappa shape index (κ1) is 17.6. The molecular formula is C13H24N2O3S2. The summed E-state index contributed by atoms with van der Waals surface area (Å²) in [7, 11) is -1.83. The molecule has 7 heteroatoms. The normalized spacial score (nSPS) is 12.5. The van der Waals surface area contributed by atoms with Crippen LogP contribution in [0.4, 0.5) is 0 Å². The molecule has 0 bridgehead atoms. The number of sulfonamides is 1. The summed E-state index contributed by atoms with van der Waals surface area (Å²) < 4.78 is 31.8. The van der Waals surface area contributed by atoms with Crippen LogP contribution in [0.1, 0.15) is 25.6 Å². The van der Waals surface area contributed by atoms with E-state index in [1.807, 2.05) is 13.0 Å². The third-order valence-electron chi connectivity index (χ3n) is 2.81. The Kier molecular flexibility index (Phi) is 7.11. The highest BCUT2D eigenvalue weighted by molar-refractivity contribution is 7.91. The van der Waals surface area contributed by atoms with E-state index in [-0.39, 0.29) is 0 Å². The van der Waals surface area contributed by atoms with E-state index in [9.17, 15) is 8.42 Å². The smallest absolute Gasteiger partial charge is 0.252 e. The Bertz CT molecular complexity index is 497. The second-order valence-electron chi connectivity index (χ2n) is 4.75. The zero-order chi connectivity index (χ0) is 15.2. The van der Waals surface area contributed by atoms with Crippen LogP contribution in [0.3, 0.4) is 0 Å². The molecule has 0 atom stereocenters. The molecule has 0 aliphatic rings. The molecule has 1 rings (SSSR count). The quantitative estimate of drug-likeness (QED) is 0.755. The fraction of sp³-hybridized carbons (Fsp3) is 0.692. The van der Waals surface area contributed by atoms with Gasteiger partial charge in [0.15, 0.2) is 0 Å². The van der Waals surface area contributed by atoms with E-state index in [1.54, 1.807) is 13.2 Å². The van der Waals surface area contributed by atoms with Gasteiger partial charge in [-0.3, -0.25) is 0 Å². The fourth-order valence-electron chi connectivity index (χ4n) is 1.67. The van der Waals surface area contributed by atoms with Crippen molar-refractivity contribution in [3.63, 3.8) is 0 Å². The predicted molar refractivity (Wildman–Crippen MR) is 82.6 cm³/mol. The zero-order valence-electron chi connectivity index (χ0n) is 12.5. The van der Waals surface area contributed by atoms with Crippen LogP contribution in [0.2, 0.25) is 0 Å². The summed E-state index contributed by atoms with van der Waals surface area (Å²) in [5.74, 6) is 0. The van der Waals surface area contributed by atoms with E-state index in [1.165, 1.54) is 15.6 Å². The maximum atomic E-state index is 12.5. The average molecular weight is 320 g/mol. The molecule has 1 N–H and O–H groups in total. The Morgan fingerprint density at radius 2 is 2.10 bits per heavy atom. The van der Waals surface area contributed by atoms with E-state index in [0.717, 1.165) is 4.88 Å². The largest absolute Gasteiger partial charge is 0.383 e. The van der Waals surface area contributed by atoms with Crippen molar-refractivity contribution in [2.24, 2.45) is 0 Å². The first-order valence-corrected chi connectivity index (χ1v) is 8.98. The third kappa shape index (κ3) is 4.82. The van der Waals surface area contributed by atoms with Gasteiger partial charge in [-0.05, 0) is 12.1 Å². The second-order valence-corrected chi connectivity index (χ2v) is 8.08. The van der Waals surface area contributed by atoms with Crippen LogP contribution < -0.4 is 5.32 Å². The number of nitrogens with zero attached hydrogens (tertiary/aromatic N) is 1. The van der Waals surface area contributed by atoms with Crippen LogP contribution in [0.15, 0.2) is 16.3 Å². The van der Waals surface area contributed by atoms with Gasteiger partial charge in [0.05, 0.1) is 6.61 Å². The van der Waals surface area contributed by atoms with Gasteiger partial charge in [-0.2, -0.15) is 4.31 Å². The van der Waals surface area contributed by atoms with E-state index < -0.39 is 10.0 Å². The lowest BCUT2D eigenvalue weighted by molar-refractivity contribution is 0.180. The van der Waals surface area contributed by atoms with E-state index >= 15 is 0 Å². The Balaban J connectivity index is 2.81. The zero-order valence-corrected chi connectivity index (χ0v) is 14.2. The molecule has 0 aliphatic carbocycles. The van der Waals surface area contributed by atoms with Crippen molar-refractivity contribution in [3.8, 4) is 0 Å². The van der Waals surface area contributed by atoms with Gasteiger partial charge in [-0.15, -0.1) is 11.3 Å². The molecule has 0 amide bonds. The Hall–Kier alpha value is -0.470. The van der Waals surface area contributed by atoms with Crippen molar-refractivity contribution < 1.29 is 13.2 Å². The first-order chi connectivity index (χ1) is 9.41. The highest BCUT2D eigenvalue weighted by Gasteiger charge is 2.24. The van der Waals surface area contributed by atoms with Crippen LogP contribution in [-0.2, 0) is 21.3 Å². The number of ether oxygens (including phenoxy) is 1. The van der Waals surface area contributed by atoms with Crippen LogP contribution in [0.25, 0.3) is 0 Å². The molecule has 1 aromatic heterocycles. The monoisotopic (exact) mass is 320 g/mol. The lowest BCUT2D eigenvalue weighted by Gasteiger charge is -2.18. The van der Waals surface area contributed by atoms with Crippen LogP contribution in [-0.4, -0.2) is 45.6 Å². The summed E-state index contributed by atoms with van der Waals surface area (Å²) in [6, 6.07) is 3.94. The maximum absolute atomic E-state index is 12.5. The van der Waals surface area contributed by atoms with Crippen LogP contribution in [0, 0.1) is 0 Å². The summed E-state index contributed by atoms with van der Waals surface area (Å²) >= 11 is 1.33. The molecule has 1 heterocycles. The molecule has 20 heavy (non-hydrogen) atoms. The molecule has 0 fully saturated rings. The number of likely N-dealkylation sites (N-methyl/N-ethyl adjacent to an activating group) is 1. The second kappa shape index (κ2) is 8.09. The number of hydrogen-bond acceptors (Lipinski definition) is 5. The molecule has 5 nitrogen and oxygen atoms in total. The van der Waals surface area contributed by atoms with E-state index in [4.69, 9.17) is 4.74 Å². The average Bonchev–Trinajstić information content (AvgIpc) is 2.86. The lowest BCUT2D eigenvalue weighted by atomic mass is 10.4. The van der Waals surface area contributed by atoms with Gasteiger partial charge in [0, 0.05) is 37.7 Å². The minimum Gasteiger partial charge on any atom is -0.383 e. The summed E-state index contributed by atoms with van der Waals surface area (Å²) in [6.45, 7) is 7.89. The summed E-state index contributed by atoms with van der Waals surface area (Å²) in [5.41, 5.74) is 0. The SMILES string of the molecule is CCN(CCOC)S(=O)(=O)c1ccc(CNC(C)C)s1. The number of nitrogens with one attached hydrogen (secondary N) is 1. The number of hydrogen-bond donors (Lipinski definition) is 1. The minimum atomic E-state index is -3.40. The molecule has 116 valence electrons. The molecule has 0 spiro atoms. The Morgan fingerprint density at radius 3 is 2.65 bits per heavy atom. The standard InChI is InChI=1S/C13H24N2O3S2/c1-5-15(8-9-18-4)20(16,17)13-7-6-12(19-13)10-14-11(2)3/h6-7,11,14H,5,8-10H2,1-4H3. The molecule has 0 radical (unpaired) electrons. The van der Waals surface area contributed by atoms with Crippen molar-refractivity contribution in [2.75, 3.05) is 26.8 Å². The summed E-state index contributed by atoms with van der Waals surface area (Å²) in [6.07, 6.45) is 0. The van der Waals surface area contributed by atoms with Crippen LogP contribution in [0.5, 0.6) is 0 Å². The van der Waals surface area contributed by atoms with Gasteiger partial charge in [-0.1, -0.05) is 20.8 Å². The number of methoxy groups -OCH3 is 1. The molecular weight excluding hydrogens is 296 g/mol. The summed E-state index contributed by atoms with van der Waals surface area (Å²) in [5, 5.41) is 3.29. The molecule has 0 saturated carbocycles. The van der Waals surface area contributed by atoms with Gasteiger partial charge < -0.3 is 10.1 Å².